The number of halogens is 2. The summed E-state index contributed by atoms with van der Waals surface area (Å²) in [6.45, 7) is 3.81. The summed E-state index contributed by atoms with van der Waals surface area (Å²) in [6.07, 6.45) is 1.24. The summed E-state index contributed by atoms with van der Waals surface area (Å²) in [7, 11) is -3.87. The van der Waals surface area contributed by atoms with Crippen LogP contribution in [0.2, 0.25) is 0 Å². The van der Waals surface area contributed by atoms with Crippen LogP contribution >= 0.6 is 15.9 Å². The molecule has 0 aliphatic rings. The van der Waals surface area contributed by atoms with Gasteiger partial charge in [0.2, 0.25) is 21.8 Å². The summed E-state index contributed by atoms with van der Waals surface area (Å²) in [4.78, 5) is 28.9. The molecular weight excluding hydrogens is 585 g/mol. The zero-order valence-corrected chi connectivity index (χ0v) is 24.6. The average Bonchev–Trinajstić information content (AvgIpc) is 2.89. The van der Waals surface area contributed by atoms with Gasteiger partial charge in [-0.1, -0.05) is 68.4 Å². The lowest BCUT2D eigenvalue weighted by Crippen LogP contribution is -2.53. The second-order valence-electron chi connectivity index (χ2n) is 9.71. The lowest BCUT2D eigenvalue weighted by Gasteiger charge is -2.33. The molecule has 0 bridgehead atoms. The predicted molar refractivity (Wildman–Crippen MR) is 155 cm³/mol. The van der Waals surface area contributed by atoms with Gasteiger partial charge in [0, 0.05) is 24.0 Å². The molecule has 208 valence electrons. The normalized spacial score (nSPS) is 12.2. The molecule has 0 heterocycles. The molecule has 0 fully saturated rings. The van der Waals surface area contributed by atoms with E-state index in [0.29, 0.717) is 22.3 Å². The molecule has 39 heavy (non-hydrogen) atoms. The fourth-order valence-corrected chi connectivity index (χ4v) is 5.49. The minimum absolute atomic E-state index is 0.0146. The topological polar surface area (TPSA) is 86.8 Å². The summed E-state index contributed by atoms with van der Waals surface area (Å²) >= 11 is 3.38. The molecule has 1 unspecified atom stereocenters. The zero-order valence-electron chi connectivity index (χ0n) is 22.2. The highest BCUT2D eigenvalue weighted by Crippen LogP contribution is 2.28. The molecule has 2 amide bonds. The molecule has 3 rings (SSSR count). The van der Waals surface area contributed by atoms with Crippen molar-refractivity contribution in [3.63, 3.8) is 0 Å². The van der Waals surface area contributed by atoms with Crippen LogP contribution < -0.4 is 9.62 Å². The van der Waals surface area contributed by atoms with Gasteiger partial charge in [-0.05, 0) is 57.2 Å². The van der Waals surface area contributed by atoms with Gasteiger partial charge in [0.15, 0.2) is 0 Å². The van der Waals surface area contributed by atoms with Crippen molar-refractivity contribution in [2.75, 3.05) is 23.7 Å². The Kier molecular flexibility index (Phi) is 10.7. The number of nitrogens with zero attached hydrogens (tertiary/aromatic N) is 2. The van der Waals surface area contributed by atoms with Gasteiger partial charge in [0.05, 0.1) is 11.9 Å². The molecule has 0 aromatic heterocycles. The van der Waals surface area contributed by atoms with Gasteiger partial charge >= 0.3 is 0 Å². The number of hydrogen-bond donors (Lipinski definition) is 1. The van der Waals surface area contributed by atoms with E-state index in [9.17, 15) is 22.4 Å². The molecule has 1 atom stereocenters. The van der Waals surface area contributed by atoms with E-state index in [1.807, 2.05) is 44.2 Å². The number of carbonyl (C=O) groups is 2. The smallest absolute Gasteiger partial charge is 0.244 e. The Bertz CT molecular complexity index is 1370. The molecule has 1 N–H and O–H groups in total. The number of amides is 2. The molecule has 0 radical (unpaired) electrons. The van der Waals surface area contributed by atoms with Crippen LogP contribution in [0, 0.1) is 11.7 Å². The maximum Gasteiger partial charge on any atom is 0.244 e. The number of carbonyl (C=O) groups excluding carboxylic acids is 2. The first-order valence-electron chi connectivity index (χ1n) is 12.5. The standard InChI is InChI=1S/C29H33BrFN3O4S/c1-21(2)18-32-29(36)27(17-22-9-5-4-6-10-22)33(19-23-13-15-24(31)16-14-23)28(35)20-34(39(3,37)38)26-12-8-7-11-25(26)30/h4-16,21,27H,17-20H2,1-3H3,(H,32,36). The maximum absolute atomic E-state index is 14.0. The summed E-state index contributed by atoms with van der Waals surface area (Å²) in [6, 6.07) is 20.7. The van der Waals surface area contributed by atoms with E-state index in [0.717, 1.165) is 16.1 Å². The Morgan fingerprint density at radius 1 is 0.923 bits per heavy atom. The summed E-state index contributed by atoms with van der Waals surface area (Å²) < 4.78 is 40.8. The number of rotatable bonds is 12. The molecule has 0 spiro atoms. The third-order valence-corrected chi connectivity index (χ3v) is 7.82. The van der Waals surface area contributed by atoms with Crippen LogP contribution in [-0.2, 0) is 32.6 Å². The summed E-state index contributed by atoms with van der Waals surface area (Å²) in [5, 5.41) is 2.92. The second kappa shape index (κ2) is 13.7. The van der Waals surface area contributed by atoms with E-state index in [2.05, 4.69) is 21.2 Å². The van der Waals surface area contributed by atoms with E-state index < -0.39 is 34.3 Å². The van der Waals surface area contributed by atoms with E-state index in [1.54, 1.807) is 36.4 Å². The largest absolute Gasteiger partial charge is 0.354 e. The van der Waals surface area contributed by atoms with Gasteiger partial charge in [-0.2, -0.15) is 0 Å². The molecular formula is C29H33BrFN3O4S. The fourth-order valence-electron chi connectivity index (χ4n) is 4.01. The molecule has 7 nitrogen and oxygen atoms in total. The lowest BCUT2D eigenvalue weighted by molar-refractivity contribution is -0.140. The van der Waals surface area contributed by atoms with Crippen LogP contribution in [0.3, 0.4) is 0 Å². The monoisotopic (exact) mass is 617 g/mol. The van der Waals surface area contributed by atoms with Crippen LogP contribution in [0.4, 0.5) is 10.1 Å². The van der Waals surface area contributed by atoms with Crippen LogP contribution in [0.25, 0.3) is 0 Å². The third kappa shape index (κ3) is 8.90. The van der Waals surface area contributed by atoms with Crippen molar-refractivity contribution in [2.45, 2.75) is 32.9 Å². The van der Waals surface area contributed by atoms with Crippen molar-refractivity contribution in [1.82, 2.24) is 10.2 Å². The van der Waals surface area contributed by atoms with Crippen LogP contribution in [-0.4, -0.2) is 50.5 Å². The molecule has 0 saturated heterocycles. The molecule has 0 aliphatic carbocycles. The van der Waals surface area contributed by atoms with Crippen molar-refractivity contribution in [3.8, 4) is 0 Å². The number of anilines is 1. The highest BCUT2D eigenvalue weighted by Gasteiger charge is 2.33. The summed E-state index contributed by atoms with van der Waals surface area (Å²) in [5.74, 6) is -1.16. The van der Waals surface area contributed by atoms with Gasteiger partial charge in [-0.3, -0.25) is 13.9 Å². The van der Waals surface area contributed by atoms with Crippen LogP contribution in [0.5, 0.6) is 0 Å². The number of hydrogen-bond acceptors (Lipinski definition) is 4. The van der Waals surface area contributed by atoms with E-state index in [4.69, 9.17) is 0 Å². The Hall–Kier alpha value is -3.24. The average molecular weight is 619 g/mol. The Morgan fingerprint density at radius 3 is 2.13 bits per heavy atom. The van der Waals surface area contributed by atoms with Crippen molar-refractivity contribution in [2.24, 2.45) is 5.92 Å². The second-order valence-corrected chi connectivity index (χ2v) is 12.5. The third-order valence-electron chi connectivity index (χ3n) is 6.02. The van der Waals surface area contributed by atoms with Gasteiger partial charge < -0.3 is 10.2 Å². The molecule has 0 aliphatic heterocycles. The molecule has 3 aromatic rings. The highest BCUT2D eigenvalue weighted by molar-refractivity contribution is 9.10. The highest BCUT2D eigenvalue weighted by atomic mass is 79.9. The minimum Gasteiger partial charge on any atom is -0.354 e. The number of benzene rings is 3. The van der Waals surface area contributed by atoms with Crippen LogP contribution in [0.15, 0.2) is 83.3 Å². The number of para-hydroxylation sites is 1. The lowest BCUT2D eigenvalue weighted by atomic mass is 10.0. The Morgan fingerprint density at radius 2 is 1.54 bits per heavy atom. The van der Waals surface area contributed by atoms with Crippen LogP contribution in [0.1, 0.15) is 25.0 Å². The van der Waals surface area contributed by atoms with Gasteiger partial charge in [-0.25, -0.2) is 12.8 Å². The zero-order chi connectivity index (χ0) is 28.6. The molecule has 0 saturated carbocycles. The predicted octanol–water partition coefficient (Wildman–Crippen LogP) is 4.77. The van der Waals surface area contributed by atoms with Gasteiger partial charge in [0.1, 0.15) is 18.4 Å². The molecule has 10 heteroatoms. The first-order valence-corrected chi connectivity index (χ1v) is 15.2. The van der Waals surface area contributed by atoms with E-state index in [1.165, 1.54) is 17.0 Å². The maximum atomic E-state index is 14.0. The fraction of sp³-hybridized carbons (Fsp3) is 0.310. The minimum atomic E-state index is -3.87. The van der Waals surface area contributed by atoms with Crippen molar-refractivity contribution < 1.29 is 22.4 Å². The van der Waals surface area contributed by atoms with Crippen molar-refractivity contribution in [1.29, 1.82) is 0 Å². The van der Waals surface area contributed by atoms with Gasteiger partial charge in [-0.15, -0.1) is 0 Å². The Balaban J connectivity index is 2.05. The summed E-state index contributed by atoms with van der Waals surface area (Å²) in [5.41, 5.74) is 1.75. The first-order chi connectivity index (χ1) is 18.5. The number of nitrogens with one attached hydrogen (secondary N) is 1. The van der Waals surface area contributed by atoms with E-state index >= 15 is 0 Å². The van der Waals surface area contributed by atoms with Crippen molar-refractivity contribution in [3.05, 3.63) is 100 Å². The first kappa shape index (κ1) is 30.3. The number of sulfonamides is 1. The Labute approximate surface area is 238 Å². The SMILES string of the molecule is CC(C)CNC(=O)C(Cc1ccccc1)N(Cc1ccc(F)cc1)C(=O)CN(c1ccccc1Br)S(C)(=O)=O. The van der Waals surface area contributed by atoms with Gasteiger partial charge in [0.25, 0.3) is 0 Å². The molecule has 3 aromatic carbocycles. The van der Waals surface area contributed by atoms with E-state index in [-0.39, 0.29) is 24.8 Å². The quantitative estimate of drug-likeness (QED) is 0.317. The van der Waals surface area contributed by atoms with Crippen molar-refractivity contribution >= 4 is 43.5 Å².